The first kappa shape index (κ1) is 18.3. The van der Waals surface area contributed by atoms with Crippen LogP contribution in [0.15, 0.2) is 35.3 Å². The van der Waals surface area contributed by atoms with E-state index in [1.807, 2.05) is 6.07 Å². The third-order valence-electron chi connectivity index (χ3n) is 4.34. The van der Waals surface area contributed by atoms with E-state index in [0.717, 1.165) is 25.3 Å². The van der Waals surface area contributed by atoms with E-state index in [2.05, 4.69) is 39.9 Å². The van der Waals surface area contributed by atoms with Gasteiger partial charge < -0.3 is 15.5 Å². The second-order valence-corrected chi connectivity index (χ2v) is 6.59. The van der Waals surface area contributed by atoms with Crippen LogP contribution in [-0.4, -0.2) is 50.0 Å². The number of likely N-dealkylation sites (N-methyl/N-ethyl adjacent to an activating group) is 1. The van der Waals surface area contributed by atoms with Gasteiger partial charge in [-0.05, 0) is 31.2 Å². The van der Waals surface area contributed by atoms with E-state index in [4.69, 9.17) is 0 Å². The monoisotopic (exact) mass is 330 g/mol. The number of aliphatic imine (C=N–C) groups is 1. The summed E-state index contributed by atoms with van der Waals surface area (Å²) in [4.78, 5) is 17.8. The van der Waals surface area contributed by atoms with Crippen LogP contribution in [0.2, 0.25) is 0 Å². The van der Waals surface area contributed by atoms with Gasteiger partial charge in [0.15, 0.2) is 5.96 Å². The van der Waals surface area contributed by atoms with Gasteiger partial charge in [-0.2, -0.15) is 0 Å². The molecule has 2 rings (SSSR count). The molecule has 1 aliphatic rings. The molecule has 1 amide bonds. The molecule has 24 heavy (non-hydrogen) atoms. The van der Waals surface area contributed by atoms with Crippen LogP contribution in [0, 0.1) is 0 Å². The van der Waals surface area contributed by atoms with Crippen LogP contribution < -0.4 is 10.6 Å². The first-order chi connectivity index (χ1) is 11.6. The summed E-state index contributed by atoms with van der Waals surface area (Å²) in [6.45, 7) is 1.04. The molecular formula is C19H30N4O. The molecule has 0 aromatic heterocycles. The highest BCUT2D eigenvalue weighted by atomic mass is 16.2. The number of carbonyl (C=O) groups is 1. The van der Waals surface area contributed by atoms with E-state index in [-0.39, 0.29) is 12.5 Å². The lowest BCUT2D eigenvalue weighted by molar-refractivity contribution is -0.127. The highest BCUT2D eigenvalue weighted by molar-refractivity contribution is 5.84. The van der Waals surface area contributed by atoms with Crippen molar-refractivity contribution in [3.63, 3.8) is 0 Å². The molecule has 0 aliphatic heterocycles. The fraction of sp³-hybridized carbons (Fsp3) is 0.579. The Morgan fingerprint density at radius 1 is 1.21 bits per heavy atom. The Morgan fingerprint density at radius 3 is 2.58 bits per heavy atom. The normalized spacial score (nSPS) is 15.3. The molecule has 132 valence electrons. The molecular weight excluding hydrogens is 300 g/mol. The summed E-state index contributed by atoms with van der Waals surface area (Å²) in [5.41, 5.74) is 1.35. The van der Waals surface area contributed by atoms with Crippen molar-refractivity contribution >= 4 is 11.9 Å². The topological polar surface area (TPSA) is 56.7 Å². The molecule has 2 N–H and O–H groups in total. The maximum atomic E-state index is 11.8. The lowest BCUT2D eigenvalue weighted by Gasteiger charge is -2.18. The molecule has 1 fully saturated rings. The summed E-state index contributed by atoms with van der Waals surface area (Å²) in [5.74, 6) is 0.789. The van der Waals surface area contributed by atoms with Crippen LogP contribution in [-0.2, 0) is 11.2 Å². The second-order valence-electron chi connectivity index (χ2n) is 6.59. The van der Waals surface area contributed by atoms with Gasteiger partial charge >= 0.3 is 0 Å². The van der Waals surface area contributed by atoms with E-state index >= 15 is 0 Å². The van der Waals surface area contributed by atoms with E-state index in [9.17, 15) is 4.79 Å². The lowest BCUT2D eigenvalue weighted by atomic mass is 10.1. The van der Waals surface area contributed by atoms with Gasteiger partial charge in [-0.25, -0.2) is 4.99 Å². The molecule has 5 heteroatoms. The number of rotatable bonds is 7. The Bertz CT molecular complexity index is 521. The zero-order valence-electron chi connectivity index (χ0n) is 14.9. The Morgan fingerprint density at radius 2 is 1.92 bits per heavy atom. The largest absolute Gasteiger partial charge is 0.356 e. The minimum absolute atomic E-state index is 0.0202. The minimum atomic E-state index is 0.0202. The van der Waals surface area contributed by atoms with Crippen LogP contribution in [0.25, 0.3) is 0 Å². The van der Waals surface area contributed by atoms with Gasteiger partial charge in [0, 0.05) is 26.7 Å². The highest BCUT2D eigenvalue weighted by Gasteiger charge is 2.16. The van der Waals surface area contributed by atoms with Gasteiger partial charge in [0.2, 0.25) is 5.91 Å². The molecule has 0 bridgehead atoms. The SMILES string of the molecule is CN(C)C(=O)CN=C(NCCCc1ccccc1)NC1CCCC1. The second kappa shape index (κ2) is 9.96. The van der Waals surface area contributed by atoms with E-state index in [1.165, 1.54) is 31.2 Å². The standard InChI is InChI=1S/C19H30N4O/c1-23(2)18(24)15-21-19(22-17-12-6-7-13-17)20-14-8-11-16-9-4-3-5-10-16/h3-5,9-10,17H,6-8,11-15H2,1-2H3,(H2,20,21,22). The van der Waals surface area contributed by atoms with Gasteiger partial charge in [-0.1, -0.05) is 43.2 Å². The predicted molar refractivity (Wildman–Crippen MR) is 99.2 cm³/mol. The smallest absolute Gasteiger partial charge is 0.243 e. The quantitative estimate of drug-likeness (QED) is 0.458. The first-order valence-corrected chi connectivity index (χ1v) is 8.94. The van der Waals surface area contributed by atoms with Crippen LogP contribution in [0.5, 0.6) is 0 Å². The molecule has 1 saturated carbocycles. The van der Waals surface area contributed by atoms with Gasteiger partial charge in [-0.3, -0.25) is 4.79 Å². The van der Waals surface area contributed by atoms with E-state index in [0.29, 0.717) is 6.04 Å². The number of carbonyl (C=O) groups excluding carboxylic acids is 1. The van der Waals surface area contributed by atoms with Crippen molar-refractivity contribution in [3.8, 4) is 0 Å². The van der Waals surface area contributed by atoms with Crippen molar-refractivity contribution in [2.24, 2.45) is 4.99 Å². The van der Waals surface area contributed by atoms with Crippen molar-refractivity contribution < 1.29 is 4.79 Å². The molecule has 5 nitrogen and oxygen atoms in total. The van der Waals surface area contributed by atoms with Gasteiger partial charge in [0.05, 0.1) is 0 Å². The number of nitrogens with zero attached hydrogens (tertiary/aromatic N) is 2. The summed E-state index contributed by atoms with van der Waals surface area (Å²) in [5, 5.41) is 6.86. The molecule has 0 radical (unpaired) electrons. The number of benzene rings is 1. The molecule has 0 unspecified atom stereocenters. The van der Waals surface area contributed by atoms with Gasteiger partial charge in [-0.15, -0.1) is 0 Å². The predicted octanol–water partition coefficient (Wildman–Crippen LogP) is 2.19. The van der Waals surface area contributed by atoms with Crippen molar-refractivity contribution in [2.45, 2.75) is 44.6 Å². The number of guanidine groups is 1. The average Bonchev–Trinajstić information content (AvgIpc) is 3.09. The van der Waals surface area contributed by atoms with Crippen LogP contribution in [0.1, 0.15) is 37.7 Å². The zero-order valence-corrected chi connectivity index (χ0v) is 14.9. The summed E-state index contributed by atoms with van der Waals surface area (Å²) < 4.78 is 0. The number of amides is 1. The van der Waals surface area contributed by atoms with Gasteiger partial charge in [0.25, 0.3) is 0 Å². The molecule has 0 atom stereocenters. The third-order valence-corrected chi connectivity index (χ3v) is 4.34. The lowest BCUT2D eigenvalue weighted by Crippen LogP contribution is -2.43. The van der Waals surface area contributed by atoms with E-state index in [1.54, 1.807) is 19.0 Å². The van der Waals surface area contributed by atoms with Crippen LogP contribution in [0.4, 0.5) is 0 Å². The van der Waals surface area contributed by atoms with Crippen LogP contribution >= 0.6 is 0 Å². The molecule has 0 spiro atoms. The summed E-state index contributed by atoms with van der Waals surface area (Å²) in [6, 6.07) is 11.0. The average molecular weight is 330 g/mol. The van der Waals surface area contributed by atoms with Crippen LogP contribution in [0.3, 0.4) is 0 Å². The fourth-order valence-corrected chi connectivity index (χ4v) is 2.85. The maximum absolute atomic E-state index is 11.8. The van der Waals surface area contributed by atoms with Crippen molar-refractivity contribution in [1.82, 2.24) is 15.5 Å². The third kappa shape index (κ3) is 6.60. The van der Waals surface area contributed by atoms with E-state index < -0.39 is 0 Å². The molecule has 0 saturated heterocycles. The van der Waals surface area contributed by atoms with Crippen molar-refractivity contribution in [1.29, 1.82) is 0 Å². The summed E-state index contributed by atoms with van der Waals surface area (Å²) in [7, 11) is 3.52. The molecule has 1 aromatic carbocycles. The summed E-state index contributed by atoms with van der Waals surface area (Å²) in [6.07, 6.45) is 7.00. The maximum Gasteiger partial charge on any atom is 0.243 e. The highest BCUT2D eigenvalue weighted by Crippen LogP contribution is 2.17. The molecule has 1 aliphatic carbocycles. The summed E-state index contributed by atoms with van der Waals surface area (Å²) >= 11 is 0. The number of aryl methyl sites for hydroxylation is 1. The Hall–Kier alpha value is -2.04. The number of hydrogen-bond donors (Lipinski definition) is 2. The van der Waals surface area contributed by atoms with Crippen molar-refractivity contribution in [2.75, 3.05) is 27.2 Å². The first-order valence-electron chi connectivity index (χ1n) is 8.94. The Kier molecular flexibility index (Phi) is 7.59. The Balaban J connectivity index is 1.80. The molecule has 1 aromatic rings. The minimum Gasteiger partial charge on any atom is -0.356 e. The van der Waals surface area contributed by atoms with Gasteiger partial charge in [0.1, 0.15) is 6.54 Å². The molecule has 0 heterocycles. The zero-order chi connectivity index (χ0) is 17.2. The number of hydrogen-bond acceptors (Lipinski definition) is 2. The number of nitrogens with one attached hydrogen (secondary N) is 2. The Labute approximate surface area is 145 Å². The van der Waals surface area contributed by atoms with Crippen molar-refractivity contribution in [3.05, 3.63) is 35.9 Å². The fourth-order valence-electron chi connectivity index (χ4n) is 2.85.